The van der Waals surface area contributed by atoms with Crippen molar-refractivity contribution in [1.82, 2.24) is 0 Å². The van der Waals surface area contributed by atoms with Gasteiger partial charge in [-0.25, -0.2) is 0 Å². The maximum absolute atomic E-state index is 12.5. The molecule has 0 N–H and O–H groups in total. The van der Waals surface area contributed by atoms with Crippen molar-refractivity contribution in [3.05, 3.63) is 71.0 Å². The van der Waals surface area contributed by atoms with Crippen LogP contribution >= 0.6 is 0 Å². The van der Waals surface area contributed by atoms with Gasteiger partial charge in [0.1, 0.15) is 23.4 Å². The van der Waals surface area contributed by atoms with Crippen LogP contribution in [-0.4, -0.2) is 19.0 Å². The maximum Gasteiger partial charge on any atom is 0.231 e. The third-order valence-corrected chi connectivity index (χ3v) is 4.19. The van der Waals surface area contributed by atoms with Gasteiger partial charge in [0, 0.05) is 11.6 Å². The highest BCUT2D eigenvalue weighted by atomic mass is 16.5. The van der Waals surface area contributed by atoms with Crippen LogP contribution in [0.2, 0.25) is 0 Å². The van der Waals surface area contributed by atoms with Gasteiger partial charge in [-0.3, -0.25) is 4.79 Å². The van der Waals surface area contributed by atoms with E-state index in [0.717, 1.165) is 16.9 Å². The Hall–Kier alpha value is -3.01. The monoisotopic (exact) mass is 320 g/mol. The molecule has 0 saturated heterocycles. The van der Waals surface area contributed by atoms with Crippen LogP contribution in [0.4, 0.5) is 0 Å². The number of hydrogen-bond donors (Lipinski definition) is 0. The average Bonchev–Trinajstić information content (AvgIpc) is 2.90. The zero-order valence-corrected chi connectivity index (χ0v) is 13.4. The number of carbonyl (C=O) groups is 1. The summed E-state index contributed by atoms with van der Waals surface area (Å²) in [6.45, 7) is 1.95. The summed E-state index contributed by atoms with van der Waals surface area (Å²) in [7, 11) is 1.58. The number of ketones is 1. The molecule has 0 unspecified atom stereocenters. The highest BCUT2D eigenvalue weighted by Gasteiger charge is 2.29. The SMILES string of the molecule is COc1ccc2c(c1)O/C(=C\C1=Cc3ccccc3O[C@@H]1C)C2=O. The first-order valence-electron chi connectivity index (χ1n) is 7.75. The van der Waals surface area contributed by atoms with Gasteiger partial charge in [0.2, 0.25) is 5.78 Å². The lowest BCUT2D eigenvalue weighted by molar-refractivity contribution is 0.101. The number of ether oxygens (including phenoxy) is 3. The number of fused-ring (bicyclic) bond motifs is 2. The molecule has 0 aromatic heterocycles. The molecule has 2 heterocycles. The molecule has 2 aliphatic rings. The third-order valence-electron chi connectivity index (χ3n) is 4.19. The Bertz CT molecular complexity index is 892. The fourth-order valence-electron chi connectivity index (χ4n) is 2.87. The first kappa shape index (κ1) is 14.6. The van der Waals surface area contributed by atoms with E-state index in [1.165, 1.54) is 0 Å². The number of benzene rings is 2. The lowest BCUT2D eigenvalue weighted by Crippen LogP contribution is -2.18. The Kier molecular flexibility index (Phi) is 3.38. The lowest BCUT2D eigenvalue weighted by atomic mass is 10.0. The number of rotatable bonds is 2. The minimum atomic E-state index is -0.151. The molecule has 2 aromatic carbocycles. The van der Waals surface area contributed by atoms with Gasteiger partial charge in [0.05, 0.1) is 12.7 Å². The van der Waals surface area contributed by atoms with Gasteiger partial charge < -0.3 is 14.2 Å². The smallest absolute Gasteiger partial charge is 0.231 e. The van der Waals surface area contributed by atoms with Crippen molar-refractivity contribution in [3.8, 4) is 17.2 Å². The second-order valence-corrected chi connectivity index (χ2v) is 5.74. The van der Waals surface area contributed by atoms with Crippen molar-refractivity contribution in [1.29, 1.82) is 0 Å². The van der Waals surface area contributed by atoms with Crippen LogP contribution in [0.5, 0.6) is 17.2 Å². The number of carbonyl (C=O) groups excluding carboxylic acids is 1. The first-order valence-corrected chi connectivity index (χ1v) is 7.75. The Morgan fingerprint density at radius 1 is 1.12 bits per heavy atom. The van der Waals surface area contributed by atoms with Gasteiger partial charge >= 0.3 is 0 Å². The van der Waals surface area contributed by atoms with Crippen LogP contribution in [0.3, 0.4) is 0 Å². The Balaban J connectivity index is 1.70. The summed E-state index contributed by atoms with van der Waals surface area (Å²) in [6, 6.07) is 13.0. The summed E-state index contributed by atoms with van der Waals surface area (Å²) in [5, 5.41) is 0. The van der Waals surface area contributed by atoms with E-state index >= 15 is 0 Å². The van der Waals surface area contributed by atoms with E-state index in [4.69, 9.17) is 14.2 Å². The second-order valence-electron chi connectivity index (χ2n) is 5.74. The molecule has 0 fully saturated rings. The minimum absolute atomic E-state index is 0.125. The zero-order chi connectivity index (χ0) is 16.7. The molecular weight excluding hydrogens is 304 g/mol. The van der Waals surface area contributed by atoms with Crippen LogP contribution in [0.25, 0.3) is 6.08 Å². The van der Waals surface area contributed by atoms with Gasteiger partial charge in [0.15, 0.2) is 5.76 Å². The largest absolute Gasteiger partial charge is 0.497 e. The minimum Gasteiger partial charge on any atom is -0.497 e. The number of para-hydroxylation sites is 1. The molecule has 2 aromatic rings. The van der Waals surface area contributed by atoms with Gasteiger partial charge in [-0.05, 0) is 42.8 Å². The molecule has 4 heteroatoms. The number of methoxy groups -OCH3 is 1. The second kappa shape index (κ2) is 5.57. The fraction of sp³-hybridized carbons (Fsp3) is 0.150. The van der Waals surface area contributed by atoms with Gasteiger partial charge in [-0.2, -0.15) is 0 Å². The van der Waals surface area contributed by atoms with E-state index in [9.17, 15) is 4.79 Å². The molecule has 24 heavy (non-hydrogen) atoms. The highest BCUT2D eigenvalue weighted by Crippen LogP contribution is 2.36. The van der Waals surface area contributed by atoms with Crippen molar-refractivity contribution in [3.63, 3.8) is 0 Å². The van der Waals surface area contributed by atoms with E-state index in [1.807, 2.05) is 37.3 Å². The van der Waals surface area contributed by atoms with Crippen LogP contribution in [0.1, 0.15) is 22.8 Å². The zero-order valence-electron chi connectivity index (χ0n) is 13.4. The highest BCUT2D eigenvalue weighted by molar-refractivity contribution is 6.12. The number of hydrogen-bond acceptors (Lipinski definition) is 4. The Labute approximate surface area is 140 Å². The van der Waals surface area contributed by atoms with E-state index in [0.29, 0.717) is 22.8 Å². The topological polar surface area (TPSA) is 44.8 Å². The molecule has 4 rings (SSSR count). The van der Waals surface area contributed by atoms with Crippen LogP contribution in [0, 0.1) is 0 Å². The summed E-state index contributed by atoms with van der Waals surface area (Å²) in [6.07, 6.45) is 3.63. The fourth-order valence-corrected chi connectivity index (χ4v) is 2.87. The van der Waals surface area contributed by atoms with Gasteiger partial charge in [-0.1, -0.05) is 18.2 Å². The van der Waals surface area contributed by atoms with Crippen LogP contribution in [0.15, 0.2) is 59.9 Å². The Morgan fingerprint density at radius 3 is 2.79 bits per heavy atom. The van der Waals surface area contributed by atoms with E-state index in [2.05, 4.69) is 0 Å². The average molecular weight is 320 g/mol. The third kappa shape index (κ3) is 2.36. The van der Waals surface area contributed by atoms with Crippen molar-refractivity contribution < 1.29 is 19.0 Å². The summed E-state index contributed by atoms with van der Waals surface area (Å²) in [5.41, 5.74) is 2.44. The van der Waals surface area contributed by atoms with Gasteiger partial charge in [0.25, 0.3) is 0 Å². The predicted molar refractivity (Wildman–Crippen MR) is 90.5 cm³/mol. The van der Waals surface area contributed by atoms with Crippen molar-refractivity contribution in [2.24, 2.45) is 0 Å². The van der Waals surface area contributed by atoms with Crippen molar-refractivity contribution >= 4 is 11.9 Å². The molecule has 0 saturated carbocycles. The van der Waals surface area contributed by atoms with Gasteiger partial charge in [-0.15, -0.1) is 0 Å². The molecule has 1 atom stereocenters. The molecule has 0 amide bonds. The maximum atomic E-state index is 12.5. The quantitative estimate of drug-likeness (QED) is 0.784. The molecule has 0 aliphatic carbocycles. The summed E-state index contributed by atoms with van der Waals surface area (Å²) in [5.74, 6) is 2.21. The predicted octanol–water partition coefficient (Wildman–Crippen LogP) is 4.02. The van der Waals surface area contributed by atoms with Crippen molar-refractivity contribution in [2.45, 2.75) is 13.0 Å². The summed E-state index contributed by atoms with van der Waals surface area (Å²) in [4.78, 5) is 12.5. The van der Waals surface area contributed by atoms with Crippen molar-refractivity contribution in [2.75, 3.05) is 7.11 Å². The Morgan fingerprint density at radius 2 is 1.96 bits per heavy atom. The van der Waals surface area contributed by atoms with E-state index < -0.39 is 0 Å². The molecule has 4 nitrogen and oxygen atoms in total. The first-order chi connectivity index (χ1) is 11.7. The van der Waals surface area contributed by atoms with E-state index in [-0.39, 0.29) is 11.9 Å². The molecular formula is C20H16O4. The van der Waals surface area contributed by atoms with E-state index in [1.54, 1.807) is 31.4 Å². The molecule has 120 valence electrons. The molecule has 0 bridgehead atoms. The standard InChI is InChI=1S/C20H16O4/c1-12-14(9-13-5-3-4-6-17(13)23-12)10-19-20(21)16-8-7-15(22-2)11-18(16)24-19/h3-12H,1-2H3/b19-10-/t12-/m1/s1. The molecule has 0 radical (unpaired) electrons. The summed E-state index contributed by atoms with van der Waals surface area (Å²) >= 11 is 0. The number of allylic oxidation sites excluding steroid dienone is 1. The lowest BCUT2D eigenvalue weighted by Gasteiger charge is -2.22. The molecule has 0 spiro atoms. The van der Waals surface area contributed by atoms with Crippen LogP contribution in [-0.2, 0) is 0 Å². The number of Topliss-reactive ketones (excluding diaryl/α,β-unsaturated/α-hetero) is 1. The normalized spacial score (nSPS) is 19.9. The summed E-state index contributed by atoms with van der Waals surface area (Å²) < 4.78 is 16.8. The molecule has 2 aliphatic heterocycles. The van der Waals surface area contributed by atoms with Crippen LogP contribution < -0.4 is 14.2 Å².